The molecule has 1 saturated heterocycles. The molecule has 0 N–H and O–H groups in total. The molecule has 2 aromatic rings. The summed E-state index contributed by atoms with van der Waals surface area (Å²) in [4.78, 5) is 17.8. The molecule has 1 aliphatic rings. The molecule has 4 heteroatoms. The third-order valence-corrected chi connectivity index (χ3v) is 3.76. The second kappa shape index (κ2) is 4.25. The molecule has 92 valence electrons. The number of amides is 1. The Morgan fingerprint density at radius 3 is 2.94 bits per heavy atom. The molecule has 3 nitrogen and oxygen atoms in total. The van der Waals surface area contributed by atoms with Gasteiger partial charge in [0.15, 0.2) is 0 Å². The van der Waals surface area contributed by atoms with Gasteiger partial charge in [0, 0.05) is 41.3 Å². The first-order valence-corrected chi connectivity index (χ1v) is 6.40. The maximum absolute atomic E-state index is 11.9. The first kappa shape index (κ1) is 11.5. The number of nitrogens with zero attached hydrogens (tertiary/aromatic N) is 2. The third kappa shape index (κ3) is 1.75. The Balaban J connectivity index is 2.13. The van der Waals surface area contributed by atoms with Crippen LogP contribution in [0.2, 0.25) is 5.02 Å². The number of rotatable bonds is 1. The summed E-state index contributed by atoms with van der Waals surface area (Å²) < 4.78 is 0. The molecule has 1 fully saturated rings. The molecule has 0 spiro atoms. The highest BCUT2D eigenvalue weighted by Gasteiger charge is 2.28. The SMILES string of the molecule is C[C@H]1CCC(=O)N1c1ccc2cncc(Cl)c2c1. The highest BCUT2D eigenvalue weighted by Crippen LogP contribution is 2.31. The maximum Gasteiger partial charge on any atom is 0.227 e. The number of halogens is 1. The normalized spacial score (nSPS) is 19.8. The summed E-state index contributed by atoms with van der Waals surface area (Å²) in [5.74, 6) is 0.187. The van der Waals surface area contributed by atoms with Crippen LogP contribution in [0.1, 0.15) is 19.8 Å². The molecule has 3 rings (SSSR count). The molecule has 2 heterocycles. The minimum absolute atomic E-state index is 0.187. The average molecular weight is 261 g/mol. The summed E-state index contributed by atoms with van der Waals surface area (Å²) in [7, 11) is 0. The van der Waals surface area contributed by atoms with Gasteiger partial charge in [0.2, 0.25) is 5.91 Å². The number of anilines is 1. The number of pyridine rings is 1. The second-order valence-corrected chi connectivity index (χ2v) is 5.09. The summed E-state index contributed by atoms with van der Waals surface area (Å²) in [5, 5.41) is 2.55. The maximum atomic E-state index is 11.9. The number of aromatic nitrogens is 1. The Morgan fingerprint density at radius 1 is 1.39 bits per heavy atom. The molecular weight excluding hydrogens is 248 g/mol. The van der Waals surface area contributed by atoms with E-state index in [0.717, 1.165) is 22.9 Å². The summed E-state index contributed by atoms with van der Waals surface area (Å²) >= 11 is 6.14. The van der Waals surface area contributed by atoms with Gasteiger partial charge in [-0.1, -0.05) is 17.7 Å². The van der Waals surface area contributed by atoms with Crippen LogP contribution in [0.25, 0.3) is 10.8 Å². The summed E-state index contributed by atoms with van der Waals surface area (Å²) in [5.41, 5.74) is 0.922. The first-order chi connectivity index (χ1) is 8.66. The molecule has 1 aliphatic heterocycles. The number of carbonyl (C=O) groups excluding carboxylic acids is 1. The lowest BCUT2D eigenvalue weighted by molar-refractivity contribution is -0.117. The molecule has 0 unspecified atom stereocenters. The van der Waals surface area contributed by atoms with E-state index >= 15 is 0 Å². The van der Waals surface area contributed by atoms with Gasteiger partial charge in [-0.3, -0.25) is 9.78 Å². The van der Waals surface area contributed by atoms with Crippen LogP contribution < -0.4 is 4.90 Å². The lowest BCUT2D eigenvalue weighted by Gasteiger charge is -2.22. The van der Waals surface area contributed by atoms with Gasteiger partial charge in [-0.2, -0.15) is 0 Å². The number of carbonyl (C=O) groups is 1. The van der Waals surface area contributed by atoms with Crippen molar-refractivity contribution in [2.24, 2.45) is 0 Å². The van der Waals surface area contributed by atoms with Crippen molar-refractivity contribution in [2.45, 2.75) is 25.8 Å². The number of benzene rings is 1. The van der Waals surface area contributed by atoms with Gasteiger partial charge in [-0.25, -0.2) is 0 Å². The summed E-state index contributed by atoms with van der Waals surface area (Å²) in [6, 6.07) is 6.15. The van der Waals surface area contributed by atoms with Gasteiger partial charge in [0.25, 0.3) is 0 Å². The van der Waals surface area contributed by atoms with Crippen LogP contribution in [0.3, 0.4) is 0 Å². The van der Waals surface area contributed by atoms with E-state index in [9.17, 15) is 4.79 Å². The van der Waals surface area contributed by atoms with Crippen molar-refractivity contribution in [2.75, 3.05) is 4.90 Å². The Labute approximate surface area is 110 Å². The van der Waals surface area contributed by atoms with Gasteiger partial charge < -0.3 is 4.90 Å². The Morgan fingerprint density at radius 2 is 2.22 bits per heavy atom. The van der Waals surface area contributed by atoms with Crippen LogP contribution >= 0.6 is 11.6 Å². The van der Waals surface area contributed by atoms with E-state index in [0.29, 0.717) is 11.4 Å². The molecule has 1 aromatic heterocycles. The summed E-state index contributed by atoms with van der Waals surface area (Å²) in [6.45, 7) is 2.07. The molecule has 0 saturated carbocycles. The van der Waals surface area contributed by atoms with E-state index in [1.54, 1.807) is 12.4 Å². The van der Waals surface area contributed by atoms with Gasteiger partial charge in [-0.15, -0.1) is 0 Å². The van der Waals surface area contributed by atoms with Gasteiger partial charge in [0.05, 0.1) is 5.02 Å². The average Bonchev–Trinajstić information content (AvgIpc) is 2.69. The molecule has 0 bridgehead atoms. The molecule has 1 aromatic carbocycles. The third-order valence-electron chi connectivity index (χ3n) is 3.46. The van der Waals surface area contributed by atoms with Crippen LogP contribution in [0.15, 0.2) is 30.6 Å². The molecule has 0 radical (unpaired) electrons. The van der Waals surface area contributed by atoms with E-state index in [2.05, 4.69) is 11.9 Å². The second-order valence-electron chi connectivity index (χ2n) is 4.68. The van der Waals surface area contributed by atoms with Crippen molar-refractivity contribution in [3.05, 3.63) is 35.6 Å². The van der Waals surface area contributed by atoms with Crippen LogP contribution in [-0.2, 0) is 4.79 Å². The van der Waals surface area contributed by atoms with Crippen molar-refractivity contribution in [3.8, 4) is 0 Å². The Hall–Kier alpha value is -1.61. The number of hydrogen-bond acceptors (Lipinski definition) is 2. The minimum Gasteiger partial charge on any atom is -0.310 e. The van der Waals surface area contributed by atoms with Gasteiger partial charge >= 0.3 is 0 Å². The topological polar surface area (TPSA) is 33.2 Å². The van der Waals surface area contributed by atoms with Crippen molar-refractivity contribution >= 4 is 34.0 Å². The van der Waals surface area contributed by atoms with Crippen molar-refractivity contribution in [1.82, 2.24) is 4.98 Å². The van der Waals surface area contributed by atoms with E-state index in [1.165, 1.54) is 0 Å². The van der Waals surface area contributed by atoms with Crippen molar-refractivity contribution in [3.63, 3.8) is 0 Å². The molecule has 18 heavy (non-hydrogen) atoms. The molecule has 0 aliphatic carbocycles. The van der Waals surface area contributed by atoms with Crippen LogP contribution in [0.4, 0.5) is 5.69 Å². The lowest BCUT2D eigenvalue weighted by Crippen LogP contribution is -2.30. The van der Waals surface area contributed by atoms with E-state index in [1.807, 2.05) is 23.1 Å². The van der Waals surface area contributed by atoms with Crippen LogP contribution in [0.5, 0.6) is 0 Å². The van der Waals surface area contributed by atoms with E-state index < -0.39 is 0 Å². The fraction of sp³-hybridized carbons (Fsp3) is 0.286. The summed E-state index contributed by atoms with van der Waals surface area (Å²) in [6.07, 6.45) is 4.95. The van der Waals surface area contributed by atoms with Crippen molar-refractivity contribution < 1.29 is 4.79 Å². The lowest BCUT2D eigenvalue weighted by atomic mass is 10.1. The van der Waals surface area contributed by atoms with E-state index in [-0.39, 0.29) is 11.9 Å². The van der Waals surface area contributed by atoms with Gasteiger partial charge in [-0.05, 0) is 25.5 Å². The predicted molar refractivity (Wildman–Crippen MR) is 72.9 cm³/mol. The number of fused-ring (bicyclic) bond motifs is 1. The first-order valence-electron chi connectivity index (χ1n) is 6.02. The fourth-order valence-corrected chi connectivity index (χ4v) is 2.71. The highest BCUT2D eigenvalue weighted by atomic mass is 35.5. The van der Waals surface area contributed by atoms with E-state index in [4.69, 9.17) is 11.6 Å². The molecule has 1 atom stereocenters. The quantitative estimate of drug-likeness (QED) is 0.787. The monoisotopic (exact) mass is 260 g/mol. The fourth-order valence-electron chi connectivity index (χ4n) is 2.49. The predicted octanol–water partition coefficient (Wildman–Crippen LogP) is 3.40. The molecule has 1 amide bonds. The zero-order chi connectivity index (χ0) is 12.7. The number of hydrogen-bond donors (Lipinski definition) is 0. The standard InChI is InChI=1S/C14H13ClN2O/c1-9-2-5-14(18)17(9)11-4-3-10-7-16-8-13(15)12(10)6-11/h3-4,6-9H,2,5H2,1H3/t9-/m0/s1. The van der Waals surface area contributed by atoms with Gasteiger partial charge in [0.1, 0.15) is 0 Å². The van der Waals surface area contributed by atoms with Crippen molar-refractivity contribution in [1.29, 1.82) is 0 Å². The van der Waals surface area contributed by atoms with Crippen LogP contribution in [-0.4, -0.2) is 16.9 Å². The largest absolute Gasteiger partial charge is 0.310 e. The Bertz CT molecular complexity index is 626. The Kier molecular flexibility index (Phi) is 2.71. The molecular formula is C14H13ClN2O. The zero-order valence-corrected chi connectivity index (χ0v) is 10.8. The smallest absolute Gasteiger partial charge is 0.227 e. The highest BCUT2D eigenvalue weighted by molar-refractivity contribution is 6.35. The zero-order valence-electron chi connectivity index (χ0n) is 10.1. The van der Waals surface area contributed by atoms with Crippen LogP contribution in [0, 0.1) is 0 Å². The minimum atomic E-state index is 0.187.